The van der Waals surface area contributed by atoms with E-state index in [1.54, 1.807) is 0 Å². The Morgan fingerprint density at radius 1 is 1.28 bits per heavy atom. The van der Waals surface area contributed by atoms with Crippen LogP contribution in [0.2, 0.25) is 0 Å². The highest BCUT2D eigenvalue weighted by molar-refractivity contribution is 7.18. The number of amides is 1. The van der Waals surface area contributed by atoms with Crippen molar-refractivity contribution in [3.8, 4) is 10.6 Å². The van der Waals surface area contributed by atoms with Crippen LogP contribution < -0.4 is 10.6 Å². The molecule has 1 amide bonds. The quantitative estimate of drug-likeness (QED) is 0.856. The lowest BCUT2D eigenvalue weighted by Gasteiger charge is -2.22. The molecule has 2 heterocycles. The smallest absolute Gasteiger partial charge is 0.229 e. The molecule has 1 atom stereocenters. The third kappa shape index (κ3) is 3.57. The molecule has 1 saturated heterocycles. The van der Waals surface area contributed by atoms with Crippen molar-refractivity contribution in [3.63, 3.8) is 0 Å². The number of aryl methyl sites for hydroxylation is 2. The molecule has 134 valence electrons. The SMILES string of the molecule is Cc1ccc(-c2nnc(NC(=O)C3CC34CCNCC4)s2)c(C)c1.Cl. The zero-order chi connectivity index (χ0) is 16.7. The summed E-state index contributed by atoms with van der Waals surface area (Å²) in [5, 5.41) is 16.2. The lowest BCUT2D eigenvalue weighted by molar-refractivity contribution is -0.118. The van der Waals surface area contributed by atoms with Crippen molar-refractivity contribution in [3.05, 3.63) is 29.3 Å². The molecule has 4 rings (SSSR count). The van der Waals surface area contributed by atoms with Crippen LogP contribution in [-0.2, 0) is 4.79 Å². The van der Waals surface area contributed by atoms with Crippen molar-refractivity contribution in [1.29, 1.82) is 0 Å². The maximum absolute atomic E-state index is 12.5. The van der Waals surface area contributed by atoms with Crippen molar-refractivity contribution in [2.45, 2.75) is 33.1 Å². The largest absolute Gasteiger partial charge is 0.317 e. The predicted octanol–water partition coefficient (Wildman–Crippen LogP) is 3.57. The van der Waals surface area contributed by atoms with E-state index in [1.165, 1.54) is 22.5 Å². The Labute approximate surface area is 158 Å². The second kappa shape index (κ2) is 7.02. The first-order chi connectivity index (χ1) is 11.6. The van der Waals surface area contributed by atoms with Crippen LogP contribution in [0.5, 0.6) is 0 Å². The van der Waals surface area contributed by atoms with Crippen LogP contribution in [0.15, 0.2) is 18.2 Å². The first kappa shape index (κ1) is 18.3. The number of aromatic nitrogens is 2. The Kier molecular flexibility index (Phi) is 5.14. The van der Waals surface area contributed by atoms with Gasteiger partial charge in [-0.15, -0.1) is 22.6 Å². The molecule has 2 aromatic rings. The highest BCUT2D eigenvalue weighted by Gasteiger charge is 2.57. The second-order valence-electron chi connectivity index (χ2n) is 7.09. The van der Waals surface area contributed by atoms with Crippen molar-refractivity contribution in [1.82, 2.24) is 15.5 Å². The highest BCUT2D eigenvalue weighted by Crippen LogP contribution is 2.58. The third-order valence-corrected chi connectivity index (χ3v) is 6.24. The number of nitrogens with zero attached hydrogens (tertiary/aromatic N) is 2. The van der Waals surface area contributed by atoms with Gasteiger partial charge >= 0.3 is 0 Å². The number of piperidine rings is 1. The lowest BCUT2D eigenvalue weighted by Crippen LogP contribution is -2.31. The van der Waals surface area contributed by atoms with Crippen molar-refractivity contribution in [2.24, 2.45) is 11.3 Å². The van der Waals surface area contributed by atoms with E-state index in [4.69, 9.17) is 0 Å². The standard InChI is InChI=1S/C18H22N4OS.ClH/c1-11-3-4-13(12(2)9-11)16-21-22-17(24-16)20-15(23)14-10-18(14)5-7-19-8-6-18;/h3-4,9,14,19H,5-8,10H2,1-2H3,(H,20,22,23);1H. The summed E-state index contributed by atoms with van der Waals surface area (Å²) in [7, 11) is 0. The van der Waals surface area contributed by atoms with Crippen LogP contribution in [0, 0.1) is 25.2 Å². The van der Waals surface area contributed by atoms with Crippen LogP contribution >= 0.6 is 23.7 Å². The first-order valence-corrected chi connectivity index (χ1v) is 9.32. The number of benzene rings is 1. The fourth-order valence-electron chi connectivity index (χ4n) is 3.82. The average Bonchev–Trinajstić information content (AvgIpc) is 3.04. The van der Waals surface area contributed by atoms with Gasteiger partial charge in [0.25, 0.3) is 0 Å². The van der Waals surface area contributed by atoms with E-state index in [2.05, 4.69) is 52.9 Å². The Bertz CT molecular complexity index is 785. The fourth-order valence-corrected chi connectivity index (χ4v) is 4.66. The molecule has 5 nitrogen and oxygen atoms in total. The summed E-state index contributed by atoms with van der Waals surface area (Å²) in [6, 6.07) is 6.29. The minimum absolute atomic E-state index is 0. The van der Waals surface area contributed by atoms with E-state index < -0.39 is 0 Å². The van der Waals surface area contributed by atoms with Gasteiger partial charge < -0.3 is 10.6 Å². The van der Waals surface area contributed by atoms with Crippen LogP contribution in [0.1, 0.15) is 30.4 Å². The van der Waals surface area contributed by atoms with Crippen LogP contribution in [0.3, 0.4) is 0 Å². The number of anilines is 1. The van der Waals surface area contributed by atoms with Crippen LogP contribution in [0.25, 0.3) is 10.6 Å². The summed E-state index contributed by atoms with van der Waals surface area (Å²) in [6.45, 7) is 6.21. The van der Waals surface area contributed by atoms with Gasteiger partial charge in [-0.05, 0) is 57.2 Å². The monoisotopic (exact) mass is 378 g/mol. The van der Waals surface area contributed by atoms with Gasteiger partial charge in [-0.2, -0.15) is 0 Å². The first-order valence-electron chi connectivity index (χ1n) is 8.50. The van der Waals surface area contributed by atoms with Crippen LogP contribution in [0.4, 0.5) is 5.13 Å². The molecule has 1 unspecified atom stereocenters. The Morgan fingerprint density at radius 2 is 2.04 bits per heavy atom. The molecule has 2 aliphatic rings. The van der Waals surface area contributed by atoms with Gasteiger partial charge in [0.15, 0.2) is 0 Å². The maximum atomic E-state index is 12.5. The van der Waals surface area contributed by atoms with E-state index in [9.17, 15) is 4.79 Å². The summed E-state index contributed by atoms with van der Waals surface area (Å²) >= 11 is 1.45. The molecule has 1 aliphatic carbocycles. The third-order valence-electron chi connectivity index (χ3n) is 5.37. The molecular weight excluding hydrogens is 356 g/mol. The van der Waals surface area contributed by atoms with E-state index >= 15 is 0 Å². The predicted molar refractivity (Wildman–Crippen MR) is 103 cm³/mol. The molecular formula is C18H23ClN4OS. The minimum Gasteiger partial charge on any atom is -0.317 e. The summed E-state index contributed by atoms with van der Waals surface area (Å²) < 4.78 is 0. The van der Waals surface area contributed by atoms with E-state index in [-0.39, 0.29) is 29.6 Å². The molecule has 1 aliphatic heterocycles. The number of nitrogens with one attached hydrogen (secondary N) is 2. The van der Waals surface area contributed by atoms with Gasteiger partial charge in [0.2, 0.25) is 11.0 Å². The Hall–Kier alpha value is -1.50. The molecule has 2 fully saturated rings. The number of rotatable bonds is 3. The van der Waals surface area contributed by atoms with Gasteiger partial charge in [-0.25, -0.2) is 0 Å². The van der Waals surface area contributed by atoms with Gasteiger partial charge in [0.05, 0.1) is 0 Å². The molecule has 2 N–H and O–H groups in total. The molecule has 1 spiro atoms. The maximum Gasteiger partial charge on any atom is 0.229 e. The molecule has 1 aromatic heterocycles. The molecule has 1 saturated carbocycles. The normalized spacial score (nSPS) is 20.8. The van der Waals surface area contributed by atoms with Gasteiger partial charge in [0, 0.05) is 11.5 Å². The topological polar surface area (TPSA) is 66.9 Å². The molecule has 0 radical (unpaired) electrons. The van der Waals surface area contributed by atoms with Crippen molar-refractivity contribution in [2.75, 3.05) is 18.4 Å². The van der Waals surface area contributed by atoms with E-state index in [1.807, 2.05) is 0 Å². The van der Waals surface area contributed by atoms with Gasteiger partial charge in [-0.3, -0.25) is 4.79 Å². The summed E-state index contributed by atoms with van der Waals surface area (Å²) in [5.74, 6) is 0.258. The highest BCUT2D eigenvalue weighted by atomic mass is 35.5. The number of hydrogen-bond donors (Lipinski definition) is 2. The lowest BCUT2D eigenvalue weighted by atomic mass is 9.92. The zero-order valence-corrected chi connectivity index (χ0v) is 16.1. The van der Waals surface area contributed by atoms with E-state index in [0.717, 1.165) is 42.9 Å². The van der Waals surface area contributed by atoms with Crippen LogP contribution in [-0.4, -0.2) is 29.2 Å². The Balaban J connectivity index is 0.00000182. The average molecular weight is 379 g/mol. The molecule has 7 heteroatoms. The summed E-state index contributed by atoms with van der Waals surface area (Å²) in [5.41, 5.74) is 3.74. The minimum atomic E-state index is 0. The van der Waals surface area contributed by atoms with Gasteiger partial charge in [-0.1, -0.05) is 35.1 Å². The zero-order valence-electron chi connectivity index (χ0n) is 14.5. The molecule has 25 heavy (non-hydrogen) atoms. The number of carbonyl (C=O) groups excluding carboxylic acids is 1. The Morgan fingerprint density at radius 3 is 2.76 bits per heavy atom. The van der Waals surface area contributed by atoms with Crippen molar-refractivity contribution >= 4 is 34.8 Å². The summed E-state index contributed by atoms with van der Waals surface area (Å²) in [6.07, 6.45) is 3.23. The fraction of sp³-hybridized carbons (Fsp3) is 0.500. The van der Waals surface area contributed by atoms with E-state index in [0.29, 0.717) is 5.13 Å². The van der Waals surface area contributed by atoms with Crippen molar-refractivity contribution < 1.29 is 4.79 Å². The molecule has 1 aromatic carbocycles. The summed E-state index contributed by atoms with van der Waals surface area (Å²) in [4.78, 5) is 12.5. The number of hydrogen-bond acceptors (Lipinski definition) is 5. The molecule has 0 bridgehead atoms. The number of halogens is 1. The van der Waals surface area contributed by atoms with Gasteiger partial charge in [0.1, 0.15) is 5.01 Å². The second-order valence-corrected chi connectivity index (χ2v) is 8.07. The number of carbonyl (C=O) groups is 1.